The average molecular weight is 559 g/mol. The molecule has 0 bridgehead atoms. The van der Waals surface area contributed by atoms with Crippen LogP contribution in [-0.2, 0) is 0 Å². The zero-order valence-corrected chi connectivity index (χ0v) is 22.1. The van der Waals surface area contributed by atoms with Gasteiger partial charge in [0, 0.05) is 43.4 Å². The van der Waals surface area contributed by atoms with E-state index in [1.807, 2.05) is 48.5 Å². The van der Waals surface area contributed by atoms with Gasteiger partial charge < -0.3 is 4.74 Å². The van der Waals surface area contributed by atoms with E-state index in [2.05, 4.69) is 0 Å². The monoisotopic (exact) mass is 558 g/mol. The first kappa shape index (κ1) is 23.3. The van der Waals surface area contributed by atoms with Gasteiger partial charge in [0.2, 0.25) is 5.78 Å². The normalized spacial score (nSPS) is 16.2. The van der Waals surface area contributed by atoms with Crippen molar-refractivity contribution < 1.29 is 14.3 Å². The number of fused-ring (bicyclic) bond motifs is 8. The molecule has 1 aromatic heterocycles. The van der Waals surface area contributed by atoms with Gasteiger partial charge in [-0.25, -0.2) is 9.97 Å². The van der Waals surface area contributed by atoms with Crippen LogP contribution in [0.4, 0.5) is 0 Å². The Kier molecular flexibility index (Phi) is 4.93. The van der Waals surface area contributed by atoms with Gasteiger partial charge in [-0.15, -0.1) is 0 Å². The molecule has 0 N–H and O–H groups in total. The van der Waals surface area contributed by atoms with E-state index in [0.717, 1.165) is 16.3 Å². The zero-order chi connectivity index (χ0) is 27.1. The van der Waals surface area contributed by atoms with Crippen molar-refractivity contribution in [2.45, 2.75) is 5.92 Å². The smallest absolute Gasteiger partial charge is 0.229 e. The Balaban J connectivity index is 1.56. The summed E-state index contributed by atoms with van der Waals surface area (Å²) in [6.45, 7) is 0. The summed E-state index contributed by atoms with van der Waals surface area (Å²) in [5.41, 5.74) is 4.82. The van der Waals surface area contributed by atoms with E-state index in [4.69, 9.17) is 37.9 Å². The minimum absolute atomic E-state index is 0.00506. The number of Topliss-reactive ketones (excluding diaryl/α,β-unsaturated/α-hetero) is 2. The number of aromatic nitrogens is 2. The van der Waals surface area contributed by atoms with Crippen molar-refractivity contribution >= 4 is 67.6 Å². The number of hydrogen-bond acceptors (Lipinski definition) is 5. The molecule has 0 spiro atoms. The molecule has 2 aliphatic rings. The lowest BCUT2D eigenvalue weighted by atomic mass is 9.74. The lowest BCUT2D eigenvalue weighted by molar-refractivity contribution is 0.0928. The van der Waals surface area contributed by atoms with E-state index >= 15 is 0 Å². The first-order valence-corrected chi connectivity index (χ1v) is 13.4. The predicted molar refractivity (Wildman–Crippen MR) is 156 cm³/mol. The fourth-order valence-corrected chi connectivity index (χ4v) is 6.44. The molecule has 7 heteroatoms. The van der Waals surface area contributed by atoms with Crippen molar-refractivity contribution in [2.75, 3.05) is 0 Å². The summed E-state index contributed by atoms with van der Waals surface area (Å²) in [6, 6.07) is 27.3. The Bertz CT molecular complexity index is 2170. The van der Waals surface area contributed by atoms with E-state index in [1.54, 1.807) is 42.5 Å². The second-order valence-corrected chi connectivity index (χ2v) is 10.7. The lowest BCUT2D eigenvalue weighted by Crippen LogP contribution is -2.32. The van der Waals surface area contributed by atoms with Crippen LogP contribution < -0.4 is 4.74 Å². The van der Waals surface area contributed by atoms with Gasteiger partial charge in [0.15, 0.2) is 11.5 Å². The summed E-state index contributed by atoms with van der Waals surface area (Å²) < 4.78 is 6.50. The van der Waals surface area contributed by atoms with Crippen molar-refractivity contribution in [3.05, 3.63) is 135 Å². The molecule has 190 valence electrons. The maximum atomic E-state index is 14.2. The standard InChI is InChI=1S/C33H16Cl2N2O3/c34-16-13-14-21(22(35)15-16)25-26-29-28(36-23-11-5-6-12-24(23)37-29)17-7-1-4-10-20(17)32(26)40-33-27(25)30(38)18-8-2-3-9-19(18)31(33)39/h1-15,25H. The summed E-state index contributed by atoms with van der Waals surface area (Å²) in [4.78, 5) is 38.1. The minimum Gasteiger partial charge on any atom is -0.452 e. The molecule has 6 aromatic rings. The van der Waals surface area contributed by atoms with Crippen molar-refractivity contribution in [3.63, 3.8) is 0 Å². The maximum absolute atomic E-state index is 14.2. The van der Waals surface area contributed by atoms with Crippen molar-refractivity contribution in [3.8, 4) is 5.75 Å². The van der Waals surface area contributed by atoms with Crippen LogP contribution in [0.3, 0.4) is 0 Å². The molecule has 5 aromatic carbocycles. The van der Waals surface area contributed by atoms with E-state index in [9.17, 15) is 9.59 Å². The molecule has 1 unspecified atom stereocenters. The Morgan fingerprint density at radius 3 is 2.02 bits per heavy atom. The second kappa shape index (κ2) is 8.46. The Morgan fingerprint density at radius 2 is 1.30 bits per heavy atom. The van der Waals surface area contributed by atoms with Crippen LogP contribution in [0, 0.1) is 0 Å². The summed E-state index contributed by atoms with van der Waals surface area (Å²) in [7, 11) is 0. The molecule has 8 rings (SSSR count). The third-order valence-electron chi connectivity index (χ3n) is 7.66. The van der Waals surface area contributed by atoms with Crippen LogP contribution in [0.25, 0.3) is 32.8 Å². The summed E-state index contributed by atoms with van der Waals surface area (Å²) in [5.74, 6) is -0.925. The number of halogens is 2. The van der Waals surface area contributed by atoms with Gasteiger partial charge >= 0.3 is 0 Å². The van der Waals surface area contributed by atoms with Gasteiger partial charge in [-0.05, 0) is 29.8 Å². The van der Waals surface area contributed by atoms with Gasteiger partial charge in [-0.1, -0.05) is 89.9 Å². The molecule has 0 fully saturated rings. The van der Waals surface area contributed by atoms with Crippen molar-refractivity contribution in [2.24, 2.45) is 0 Å². The molecule has 1 atom stereocenters. The third kappa shape index (κ3) is 3.16. The number of carbonyl (C=O) groups is 2. The van der Waals surface area contributed by atoms with E-state index in [0.29, 0.717) is 54.6 Å². The van der Waals surface area contributed by atoms with Crippen LogP contribution in [-0.4, -0.2) is 21.5 Å². The number of ketones is 2. The number of hydrogen-bond donors (Lipinski definition) is 0. The molecular formula is C33H16Cl2N2O3. The number of ether oxygens (including phenoxy) is 1. The number of benzene rings is 5. The average Bonchev–Trinajstić information content (AvgIpc) is 2.98. The number of rotatable bonds is 1. The molecule has 1 aliphatic heterocycles. The molecule has 0 amide bonds. The summed E-state index contributed by atoms with van der Waals surface area (Å²) in [5, 5.41) is 2.41. The second-order valence-electron chi connectivity index (χ2n) is 9.85. The van der Waals surface area contributed by atoms with Crippen LogP contribution in [0.2, 0.25) is 10.0 Å². The quantitative estimate of drug-likeness (QED) is 0.150. The molecule has 1 aliphatic carbocycles. The highest BCUT2D eigenvalue weighted by molar-refractivity contribution is 6.35. The van der Waals surface area contributed by atoms with Gasteiger partial charge in [0.25, 0.3) is 0 Å². The highest BCUT2D eigenvalue weighted by Crippen LogP contribution is 2.53. The third-order valence-corrected chi connectivity index (χ3v) is 8.23. The molecule has 0 saturated heterocycles. The minimum atomic E-state index is -0.754. The molecule has 0 saturated carbocycles. The lowest BCUT2D eigenvalue weighted by Gasteiger charge is -2.34. The van der Waals surface area contributed by atoms with Crippen LogP contribution in [0.1, 0.15) is 37.8 Å². The largest absolute Gasteiger partial charge is 0.452 e. The molecule has 40 heavy (non-hydrogen) atoms. The van der Waals surface area contributed by atoms with Crippen LogP contribution >= 0.6 is 23.2 Å². The molecule has 5 nitrogen and oxygen atoms in total. The molecular weight excluding hydrogens is 543 g/mol. The van der Waals surface area contributed by atoms with Gasteiger partial charge in [-0.3, -0.25) is 9.59 Å². The summed E-state index contributed by atoms with van der Waals surface area (Å²) in [6.07, 6.45) is 0. The maximum Gasteiger partial charge on any atom is 0.229 e. The first-order valence-electron chi connectivity index (χ1n) is 12.7. The van der Waals surface area contributed by atoms with Crippen LogP contribution in [0.15, 0.2) is 102 Å². The van der Waals surface area contributed by atoms with Gasteiger partial charge in [0.05, 0.1) is 27.6 Å². The topological polar surface area (TPSA) is 69.2 Å². The SMILES string of the molecule is O=C1C2=C(C(=O)c3ccccc31)C(c1ccc(Cl)cc1Cl)c1c(c3ccccc3c3nc4ccccc4nc13)O2. The van der Waals surface area contributed by atoms with E-state index in [1.165, 1.54) is 0 Å². The van der Waals surface area contributed by atoms with Crippen LogP contribution in [0.5, 0.6) is 5.75 Å². The predicted octanol–water partition coefficient (Wildman–Crippen LogP) is 8.10. The first-order chi connectivity index (χ1) is 19.5. The van der Waals surface area contributed by atoms with Crippen molar-refractivity contribution in [1.29, 1.82) is 0 Å². The number of nitrogens with zero attached hydrogens (tertiary/aromatic N) is 2. The number of allylic oxidation sites excluding steroid dienone is 2. The Labute approximate surface area is 237 Å². The fourth-order valence-electron chi connectivity index (χ4n) is 5.92. The van der Waals surface area contributed by atoms with E-state index < -0.39 is 5.92 Å². The van der Waals surface area contributed by atoms with Crippen molar-refractivity contribution in [1.82, 2.24) is 9.97 Å². The molecule has 2 heterocycles. The highest BCUT2D eigenvalue weighted by Gasteiger charge is 2.45. The fraction of sp³-hybridized carbons (Fsp3) is 0.0303. The van der Waals surface area contributed by atoms with Gasteiger partial charge in [0.1, 0.15) is 5.75 Å². The zero-order valence-electron chi connectivity index (χ0n) is 20.6. The number of para-hydroxylation sites is 2. The number of carbonyl (C=O) groups excluding carboxylic acids is 2. The Morgan fingerprint density at radius 1 is 0.675 bits per heavy atom. The Hall–Kier alpha value is -4.58. The van der Waals surface area contributed by atoms with E-state index in [-0.39, 0.29) is 22.9 Å². The highest BCUT2D eigenvalue weighted by atomic mass is 35.5. The molecule has 0 radical (unpaired) electrons. The summed E-state index contributed by atoms with van der Waals surface area (Å²) >= 11 is 13.1. The van der Waals surface area contributed by atoms with Gasteiger partial charge in [-0.2, -0.15) is 0 Å².